The third kappa shape index (κ3) is 6.85. The number of nitro groups is 1. The van der Waals surface area contributed by atoms with E-state index < -0.39 is 22.7 Å². The first-order valence-electron chi connectivity index (χ1n) is 14.3. The Hall–Kier alpha value is -4.49. The summed E-state index contributed by atoms with van der Waals surface area (Å²) in [5, 5.41) is 18.7. The maximum absolute atomic E-state index is 14.1. The third-order valence-corrected chi connectivity index (χ3v) is 8.46. The van der Waals surface area contributed by atoms with Crippen molar-refractivity contribution in [1.82, 2.24) is 14.6 Å². The van der Waals surface area contributed by atoms with Crippen LogP contribution >= 0.6 is 27.5 Å². The number of rotatable bonds is 7. The number of aromatic nitrogens is 3. The van der Waals surface area contributed by atoms with Crippen molar-refractivity contribution in [2.75, 3.05) is 5.32 Å². The number of hydrogen-bond donors (Lipinski definition) is 1. The van der Waals surface area contributed by atoms with Crippen molar-refractivity contribution in [3.8, 4) is 22.8 Å². The van der Waals surface area contributed by atoms with Gasteiger partial charge in [-0.25, -0.2) is 9.50 Å². The number of carbonyl (C=O) groups is 1. The first-order chi connectivity index (χ1) is 21.9. The number of nitro benzene ring substituents is 1. The number of ether oxygens (including phenoxy) is 1. The number of carbonyl (C=O) groups excluding carboxylic acids is 1. The highest BCUT2D eigenvalue weighted by atomic mass is 79.9. The van der Waals surface area contributed by atoms with Crippen LogP contribution in [0.2, 0.25) is 5.02 Å². The van der Waals surface area contributed by atoms with Gasteiger partial charge in [0.25, 0.3) is 11.6 Å². The predicted molar refractivity (Wildman–Crippen MR) is 170 cm³/mol. The number of anilines is 1. The van der Waals surface area contributed by atoms with Gasteiger partial charge in [-0.1, -0.05) is 58.9 Å². The molecule has 0 atom stereocenters. The van der Waals surface area contributed by atoms with E-state index in [4.69, 9.17) is 16.3 Å². The lowest BCUT2D eigenvalue weighted by Gasteiger charge is -2.24. The number of halogens is 5. The molecule has 1 fully saturated rings. The highest BCUT2D eigenvalue weighted by Crippen LogP contribution is 2.41. The molecule has 2 aromatic heterocycles. The molecule has 3 aromatic carbocycles. The zero-order chi connectivity index (χ0) is 32.6. The number of amides is 1. The van der Waals surface area contributed by atoms with Gasteiger partial charge >= 0.3 is 6.18 Å². The Morgan fingerprint density at radius 2 is 1.76 bits per heavy atom. The second-order valence-corrected chi connectivity index (χ2v) is 12.2. The minimum absolute atomic E-state index is 0.0148. The molecule has 0 aliphatic heterocycles. The standard InChI is InChI=1S/C32H24BrClF3N5O4/c33-20-8-6-19(7-9-20)26-16-29(32(35,36)37)41-30(39-26)17-27(40-41)31(43)38-22-13-23(42(44)45)15-24(14-22)46-28-11-10-21(34)12-25(28)18-4-2-1-3-5-18/h6-18H,1-5H2,(H,38,43). The van der Waals surface area contributed by atoms with Gasteiger partial charge in [0.1, 0.15) is 11.5 Å². The van der Waals surface area contributed by atoms with Gasteiger partial charge in [-0.05, 0) is 60.7 Å². The van der Waals surface area contributed by atoms with Gasteiger partial charge in [0, 0.05) is 33.3 Å². The van der Waals surface area contributed by atoms with Crippen LogP contribution in [-0.2, 0) is 6.18 Å². The number of alkyl halides is 3. The molecule has 0 unspecified atom stereocenters. The van der Waals surface area contributed by atoms with Gasteiger partial charge in [0.15, 0.2) is 17.0 Å². The molecule has 0 radical (unpaired) electrons. The van der Waals surface area contributed by atoms with E-state index in [1.54, 1.807) is 36.4 Å². The van der Waals surface area contributed by atoms with Gasteiger partial charge in [0.2, 0.25) is 0 Å². The molecule has 1 aliphatic carbocycles. The Morgan fingerprint density at radius 3 is 2.46 bits per heavy atom. The lowest BCUT2D eigenvalue weighted by molar-refractivity contribution is -0.384. The minimum atomic E-state index is -4.81. The number of non-ortho nitro benzene ring substituents is 1. The van der Waals surface area contributed by atoms with E-state index in [-0.39, 0.29) is 40.1 Å². The number of nitrogens with one attached hydrogen (secondary N) is 1. The minimum Gasteiger partial charge on any atom is -0.457 e. The highest BCUT2D eigenvalue weighted by Gasteiger charge is 2.36. The molecule has 1 amide bonds. The molecule has 14 heteroatoms. The van der Waals surface area contributed by atoms with E-state index in [1.807, 2.05) is 6.07 Å². The lowest BCUT2D eigenvalue weighted by atomic mass is 9.84. The molecule has 0 saturated heterocycles. The van der Waals surface area contributed by atoms with Crippen molar-refractivity contribution in [1.29, 1.82) is 0 Å². The Kier molecular flexibility index (Phi) is 8.71. The Balaban J connectivity index is 1.32. The molecule has 5 aromatic rings. The second-order valence-electron chi connectivity index (χ2n) is 10.9. The lowest BCUT2D eigenvalue weighted by Crippen LogP contribution is -2.16. The van der Waals surface area contributed by atoms with Crippen molar-refractivity contribution in [2.24, 2.45) is 0 Å². The fourth-order valence-corrected chi connectivity index (χ4v) is 5.99. The summed E-state index contributed by atoms with van der Waals surface area (Å²) in [6.07, 6.45) is 0.391. The Bertz CT molecular complexity index is 1960. The van der Waals surface area contributed by atoms with Crippen LogP contribution in [0.3, 0.4) is 0 Å². The van der Waals surface area contributed by atoms with Gasteiger partial charge in [-0.2, -0.15) is 18.3 Å². The third-order valence-electron chi connectivity index (χ3n) is 7.69. The van der Waals surface area contributed by atoms with Crippen molar-refractivity contribution in [2.45, 2.75) is 44.2 Å². The Labute approximate surface area is 273 Å². The molecule has 1 N–H and O–H groups in total. The fraction of sp³-hybridized carbons (Fsp3) is 0.219. The van der Waals surface area contributed by atoms with Crippen LogP contribution in [0.25, 0.3) is 16.9 Å². The largest absolute Gasteiger partial charge is 0.457 e. The maximum atomic E-state index is 14.1. The zero-order valence-corrected chi connectivity index (χ0v) is 26.2. The van der Waals surface area contributed by atoms with Crippen molar-refractivity contribution >= 4 is 50.5 Å². The normalized spacial score (nSPS) is 13.9. The van der Waals surface area contributed by atoms with Crippen LogP contribution < -0.4 is 10.1 Å². The van der Waals surface area contributed by atoms with E-state index in [0.717, 1.165) is 60.3 Å². The zero-order valence-electron chi connectivity index (χ0n) is 23.9. The van der Waals surface area contributed by atoms with Crippen molar-refractivity contribution in [3.05, 3.63) is 109 Å². The highest BCUT2D eigenvalue weighted by molar-refractivity contribution is 9.10. The number of benzene rings is 3. The summed E-state index contributed by atoms with van der Waals surface area (Å²) in [6.45, 7) is 0. The summed E-state index contributed by atoms with van der Waals surface area (Å²) >= 11 is 9.58. The molecule has 9 nitrogen and oxygen atoms in total. The molecule has 1 saturated carbocycles. The van der Waals surface area contributed by atoms with Gasteiger partial charge in [-0.3, -0.25) is 14.9 Å². The predicted octanol–water partition coefficient (Wildman–Crippen LogP) is 9.83. The van der Waals surface area contributed by atoms with E-state index in [2.05, 4.69) is 31.3 Å². The molecule has 46 heavy (non-hydrogen) atoms. The van der Waals surface area contributed by atoms with Crippen molar-refractivity contribution in [3.63, 3.8) is 0 Å². The van der Waals surface area contributed by atoms with Gasteiger partial charge < -0.3 is 10.1 Å². The molecule has 0 spiro atoms. The fourth-order valence-electron chi connectivity index (χ4n) is 5.54. The number of nitrogens with zero attached hydrogens (tertiary/aromatic N) is 4. The quantitative estimate of drug-likeness (QED) is 0.133. The summed E-state index contributed by atoms with van der Waals surface area (Å²) < 4.78 is 49.6. The topological polar surface area (TPSA) is 112 Å². The SMILES string of the molecule is O=C(Nc1cc(Oc2ccc(Cl)cc2C2CCCCC2)cc([N+](=O)[O-])c1)c1cc2nc(-c3ccc(Br)cc3)cc(C(F)(F)F)n2n1. The van der Waals surface area contributed by atoms with Crippen LogP contribution in [0.1, 0.15) is 59.8 Å². The first-order valence-corrected chi connectivity index (χ1v) is 15.4. The maximum Gasteiger partial charge on any atom is 0.433 e. The van der Waals surface area contributed by atoms with E-state index in [9.17, 15) is 28.1 Å². The Morgan fingerprint density at radius 1 is 1.02 bits per heavy atom. The smallest absolute Gasteiger partial charge is 0.433 e. The van der Waals surface area contributed by atoms with Crippen LogP contribution in [0.15, 0.2) is 77.3 Å². The summed E-state index contributed by atoms with van der Waals surface area (Å²) in [4.78, 5) is 28.7. The van der Waals surface area contributed by atoms with E-state index in [0.29, 0.717) is 20.9 Å². The first kappa shape index (κ1) is 31.5. The average Bonchev–Trinajstić information content (AvgIpc) is 3.46. The summed E-state index contributed by atoms with van der Waals surface area (Å²) in [6, 6.07) is 17.5. The summed E-state index contributed by atoms with van der Waals surface area (Å²) in [5.41, 5.74) is -0.734. The van der Waals surface area contributed by atoms with Crippen molar-refractivity contribution < 1.29 is 27.6 Å². The van der Waals surface area contributed by atoms with E-state index >= 15 is 0 Å². The molecular formula is C32H24BrClF3N5O4. The molecule has 0 bridgehead atoms. The molecule has 2 heterocycles. The van der Waals surface area contributed by atoms with Crippen LogP contribution in [0.4, 0.5) is 24.5 Å². The van der Waals surface area contributed by atoms with E-state index in [1.165, 1.54) is 12.1 Å². The average molecular weight is 715 g/mol. The molecular weight excluding hydrogens is 691 g/mol. The molecule has 236 valence electrons. The molecule has 1 aliphatic rings. The molecule has 6 rings (SSSR count). The summed E-state index contributed by atoms with van der Waals surface area (Å²) in [5.74, 6) is -0.111. The second kappa shape index (κ2) is 12.7. The van der Waals surface area contributed by atoms with Gasteiger partial charge in [-0.15, -0.1) is 0 Å². The van der Waals surface area contributed by atoms with Gasteiger partial charge in [0.05, 0.1) is 22.4 Å². The summed E-state index contributed by atoms with van der Waals surface area (Å²) in [7, 11) is 0. The number of hydrogen-bond acceptors (Lipinski definition) is 6. The monoisotopic (exact) mass is 713 g/mol. The number of fused-ring (bicyclic) bond motifs is 1. The van der Waals surface area contributed by atoms with Crippen LogP contribution in [-0.4, -0.2) is 25.4 Å². The van der Waals surface area contributed by atoms with Crippen LogP contribution in [0.5, 0.6) is 11.5 Å². The van der Waals surface area contributed by atoms with Crippen LogP contribution in [0, 0.1) is 10.1 Å².